The van der Waals surface area contributed by atoms with E-state index in [9.17, 15) is 23.1 Å². The van der Waals surface area contributed by atoms with E-state index in [0.29, 0.717) is 6.54 Å². The zero-order valence-corrected chi connectivity index (χ0v) is 12.0. The van der Waals surface area contributed by atoms with E-state index in [1.54, 1.807) is 0 Å². The molecule has 1 aliphatic carbocycles. The van der Waals surface area contributed by atoms with Gasteiger partial charge in [-0.1, -0.05) is 12.8 Å². The highest BCUT2D eigenvalue weighted by Gasteiger charge is 2.38. The molecule has 0 aromatic rings. The number of nitrogens with one attached hydrogen (secondary N) is 1. The third kappa shape index (κ3) is 4.49. The van der Waals surface area contributed by atoms with Crippen molar-refractivity contribution in [3.8, 4) is 0 Å². The van der Waals surface area contributed by atoms with Gasteiger partial charge in [-0.2, -0.15) is 13.2 Å². The van der Waals surface area contributed by atoms with Crippen molar-refractivity contribution in [1.29, 1.82) is 0 Å². The van der Waals surface area contributed by atoms with Crippen LogP contribution >= 0.6 is 0 Å². The summed E-state index contributed by atoms with van der Waals surface area (Å²) < 4.78 is 36.7. The molecule has 1 aliphatic heterocycles. The molecule has 3 unspecified atom stereocenters. The maximum Gasteiger partial charge on any atom is 0.405 e. The minimum atomic E-state index is -4.40. The second-order valence-electron chi connectivity index (χ2n) is 6.05. The number of amides is 2. The fourth-order valence-corrected chi connectivity index (χ4v) is 3.52. The van der Waals surface area contributed by atoms with Crippen LogP contribution in [0.15, 0.2) is 0 Å². The Morgan fingerprint density at radius 3 is 2.48 bits per heavy atom. The normalized spacial score (nSPS) is 31.0. The van der Waals surface area contributed by atoms with Crippen molar-refractivity contribution >= 4 is 6.03 Å². The van der Waals surface area contributed by atoms with Gasteiger partial charge in [0.05, 0.1) is 6.10 Å². The zero-order valence-electron chi connectivity index (χ0n) is 12.0. The van der Waals surface area contributed by atoms with Gasteiger partial charge >= 0.3 is 12.2 Å². The summed E-state index contributed by atoms with van der Waals surface area (Å²) in [6, 6.07) is -0.794. The van der Waals surface area contributed by atoms with Crippen LogP contribution in [-0.4, -0.2) is 47.4 Å². The average molecular weight is 308 g/mol. The van der Waals surface area contributed by atoms with E-state index in [2.05, 4.69) is 0 Å². The lowest BCUT2D eigenvalue weighted by atomic mass is 9.78. The molecule has 0 aromatic heterocycles. The number of urea groups is 1. The van der Waals surface area contributed by atoms with E-state index >= 15 is 0 Å². The fraction of sp³-hybridized carbons (Fsp3) is 0.929. The lowest BCUT2D eigenvalue weighted by molar-refractivity contribution is -0.123. The first-order chi connectivity index (χ1) is 9.88. The van der Waals surface area contributed by atoms with Crippen molar-refractivity contribution in [2.45, 2.75) is 63.3 Å². The smallest absolute Gasteiger partial charge is 0.393 e. The number of rotatable bonds is 2. The number of carbonyl (C=O) groups excluding carboxylic acids is 1. The Kier molecular flexibility index (Phi) is 5.35. The van der Waals surface area contributed by atoms with Crippen LogP contribution in [0.25, 0.3) is 0 Å². The van der Waals surface area contributed by atoms with E-state index in [0.717, 1.165) is 44.9 Å². The third-order valence-electron chi connectivity index (χ3n) is 4.53. The minimum absolute atomic E-state index is 0.00399. The van der Waals surface area contributed by atoms with Crippen LogP contribution in [0.4, 0.5) is 18.0 Å². The molecule has 1 heterocycles. The predicted molar refractivity (Wildman–Crippen MR) is 71.8 cm³/mol. The molecule has 2 fully saturated rings. The van der Waals surface area contributed by atoms with Crippen LogP contribution in [0.5, 0.6) is 0 Å². The van der Waals surface area contributed by atoms with E-state index in [-0.39, 0.29) is 12.0 Å². The number of halogens is 3. The summed E-state index contributed by atoms with van der Waals surface area (Å²) in [5.41, 5.74) is 0. The van der Waals surface area contributed by atoms with Gasteiger partial charge in [0.15, 0.2) is 0 Å². The first kappa shape index (κ1) is 16.4. The van der Waals surface area contributed by atoms with Crippen LogP contribution in [0.3, 0.4) is 0 Å². The molecule has 0 spiro atoms. The van der Waals surface area contributed by atoms with Crippen LogP contribution in [-0.2, 0) is 0 Å². The van der Waals surface area contributed by atoms with E-state index in [4.69, 9.17) is 0 Å². The summed E-state index contributed by atoms with van der Waals surface area (Å²) >= 11 is 0. The average Bonchev–Trinajstić information content (AvgIpc) is 2.44. The van der Waals surface area contributed by atoms with Crippen molar-refractivity contribution in [3.05, 3.63) is 0 Å². The molecule has 2 aliphatic rings. The highest BCUT2D eigenvalue weighted by atomic mass is 19.4. The van der Waals surface area contributed by atoms with Gasteiger partial charge in [0.25, 0.3) is 0 Å². The highest BCUT2D eigenvalue weighted by Crippen LogP contribution is 2.34. The number of aliphatic hydroxyl groups is 1. The number of alkyl halides is 3. The summed E-state index contributed by atoms with van der Waals surface area (Å²) in [6.45, 7) is -0.833. The number of aliphatic hydroxyl groups excluding tert-OH is 1. The highest BCUT2D eigenvalue weighted by molar-refractivity contribution is 5.74. The number of piperidine rings is 1. The zero-order chi connectivity index (χ0) is 15.5. The van der Waals surface area contributed by atoms with Gasteiger partial charge in [0.2, 0.25) is 0 Å². The van der Waals surface area contributed by atoms with Gasteiger partial charge in [0, 0.05) is 18.5 Å². The Balaban J connectivity index is 1.99. The van der Waals surface area contributed by atoms with E-state index in [1.165, 1.54) is 4.90 Å². The molecular formula is C14H23F3N2O2. The molecule has 3 atom stereocenters. The molecule has 0 bridgehead atoms. The largest absolute Gasteiger partial charge is 0.405 e. The quantitative estimate of drug-likeness (QED) is 0.824. The van der Waals surface area contributed by atoms with Gasteiger partial charge in [-0.05, 0) is 32.1 Å². The van der Waals surface area contributed by atoms with E-state index in [1.807, 2.05) is 5.32 Å². The Morgan fingerprint density at radius 2 is 1.81 bits per heavy atom. The van der Waals surface area contributed by atoms with Crippen LogP contribution in [0.1, 0.15) is 44.9 Å². The summed E-state index contributed by atoms with van der Waals surface area (Å²) in [7, 11) is 0. The van der Waals surface area contributed by atoms with Crippen molar-refractivity contribution in [2.24, 2.45) is 5.92 Å². The molecule has 0 aromatic carbocycles. The number of nitrogens with zero attached hydrogens (tertiary/aromatic N) is 1. The number of hydrogen-bond acceptors (Lipinski definition) is 2. The summed E-state index contributed by atoms with van der Waals surface area (Å²) in [5.74, 6) is -0.00399. The SMILES string of the molecule is O=C(NCC(F)(F)F)N1CCCCC1C1CCCCC1O. The summed E-state index contributed by atoms with van der Waals surface area (Å²) in [5, 5.41) is 12.1. The summed E-state index contributed by atoms with van der Waals surface area (Å²) in [6.07, 6.45) is 1.23. The van der Waals surface area contributed by atoms with E-state index < -0.39 is 24.9 Å². The van der Waals surface area contributed by atoms with Crippen molar-refractivity contribution < 1.29 is 23.1 Å². The first-order valence-corrected chi connectivity index (χ1v) is 7.68. The molecule has 4 nitrogen and oxygen atoms in total. The molecular weight excluding hydrogens is 285 g/mol. The molecule has 1 saturated carbocycles. The van der Waals surface area contributed by atoms with Gasteiger partial charge in [-0.15, -0.1) is 0 Å². The number of hydrogen-bond donors (Lipinski definition) is 2. The molecule has 2 rings (SSSR count). The molecule has 0 radical (unpaired) electrons. The predicted octanol–water partition coefficient (Wildman–Crippen LogP) is 2.66. The molecule has 21 heavy (non-hydrogen) atoms. The van der Waals surface area contributed by atoms with Gasteiger partial charge in [-0.3, -0.25) is 0 Å². The molecule has 1 saturated heterocycles. The second-order valence-corrected chi connectivity index (χ2v) is 6.05. The molecule has 122 valence electrons. The topological polar surface area (TPSA) is 52.6 Å². The van der Waals surface area contributed by atoms with Crippen molar-refractivity contribution in [1.82, 2.24) is 10.2 Å². The van der Waals surface area contributed by atoms with Gasteiger partial charge < -0.3 is 15.3 Å². The molecule has 2 amide bonds. The first-order valence-electron chi connectivity index (χ1n) is 7.68. The lowest BCUT2D eigenvalue weighted by Gasteiger charge is -2.43. The maximum atomic E-state index is 12.2. The monoisotopic (exact) mass is 308 g/mol. The van der Waals surface area contributed by atoms with Crippen molar-refractivity contribution in [2.75, 3.05) is 13.1 Å². The van der Waals surface area contributed by atoms with Gasteiger partial charge in [-0.25, -0.2) is 4.79 Å². The van der Waals surface area contributed by atoms with Crippen LogP contribution in [0, 0.1) is 5.92 Å². The second kappa shape index (κ2) is 6.85. The minimum Gasteiger partial charge on any atom is -0.393 e. The number of likely N-dealkylation sites (tertiary alicyclic amines) is 1. The Morgan fingerprint density at radius 1 is 1.14 bits per heavy atom. The third-order valence-corrected chi connectivity index (χ3v) is 4.53. The standard InChI is InChI=1S/C14H23F3N2O2/c15-14(16,17)9-18-13(21)19-8-4-3-6-11(19)10-5-1-2-7-12(10)20/h10-12,20H,1-9H2,(H,18,21). The number of carbonyl (C=O) groups is 1. The van der Waals surface area contributed by atoms with Crippen molar-refractivity contribution in [3.63, 3.8) is 0 Å². The van der Waals surface area contributed by atoms with Crippen LogP contribution in [0.2, 0.25) is 0 Å². The molecule has 2 N–H and O–H groups in total. The Labute approximate surface area is 122 Å². The molecule has 7 heteroatoms. The van der Waals surface area contributed by atoms with Gasteiger partial charge in [0.1, 0.15) is 6.54 Å². The maximum absolute atomic E-state index is 12.2. The van der Waals surface area contributed by atoms with Crippen LogP contribution < -0.4 is 5.32 Å². The summed E-state index contributed by atoms with van der Waals surface area (Å²) in [4.78, 5) is 13.5. The Hall–Kier alpha value is -0.980. The Bertz CT molecular complexity index is 363. The lowest BCUT2D eigenvalue weighted by Crippen LogP contribution is -2.55. The fourth-order valence-electron chi connectivity index (χ4n) is 3.52.